The van der Waals surface area contributed by atoms with Crippen molar-refractivity contribution in [1.82, 2.24) is 0 Å². The molecule has 14 heavy (non-hydrogen) atoms. The van der Waals surface area contributed by atoms with Gasteiger partial charge in [-0.05, 0) is 37.1 Å². The number of carbonyl (C=O) groups excluding carboxylic acids is 1. The molecule has 0 aliphatic heterocycles. The van der Waals surface area contributed by atoms with Gasteiger partial charge in [0, 0.05) is 17.2 Å². The van der Waals surface area contributed by atoms with Gasteiger partial charge in [0.05, 0.1) is 0 Å². The van der Waals surface area contributed by atoms with Crippen LogP contribution in [0.1, 0.15) is 37.0 Å². The maximum atomic E-state index is 11.9. The standard InChI is InChI=1S/C12H17NO/c1-3-9(4-2)12(14)10-5-7-11(13)8-6-10/h5-9H,3-4,13H2,1-2H3. The van der Waals surface area contributed by atoms with E-state index in [4.69, 9.17) is 5.73 Å². The van der Waals surface area contributed by atoms with Crippen LogP contribution < -0.4 is 5.73 Å². The molecule has 0 aliphatic rings. The van der Waals surface area contributed by atoms with E-state index in [-0.39, 0.29) is 11.7 Å². The molecular formula is C12H17NO. The van der Waals surface area contributed by atoms with Gasteiger partial charge in [-0.2, -0.15) is 0 Å². The van der Waals surface area contributed by atoms with Gasteiger partial charge < -0.3 is 5.73 Å². The van der Waals surface area contributed by atoms with Crippen molar-refractivity contribution in [3.8, 4) is 0 Å². The van der Waals surface area contributed by atoms with E-state index in [1.54, 1.807) is 24.3 Å². The highest BCUT2D eigenvalue weighted by molar-refractivity contribution is 5.98. The third kappa shape index (κ3) is 2.34. The molecule has 0 aliphatic carbocycles. The molecule has 0 saturated carbocycles. The molecule has 0 atom stereocenters. The minimum atomic E-state index is 0.152. The number of benzene rings is 1. The Morgan fingerprint density at radius 3 is 2.14 bits per heavy atom. The third-order valence-electron chi connectivity index (χ3n) is 2.55. The Hall–Kier alpha value is -1.31. The molecule has 0 heterocycles. The van der Waals surface area contributed by atoms with Crippen molar-refractivity contribution in [1.29, 1.82) is 0 Å². The average Bonchev–Trinajstić information content (AvgIpc) is 2.20. The number of Topliss-reactive ketones (excluding diaryl/α,β-unsaturated/α-hetero) is 1. The van der Waals surface area contributed by atoms with E-state index in [0.717, 1.165) is 18.4 Å². The summed E-state index contributed by atoms with van der Waals surface area (Å²) in [5.74, 6) is 0.383. The second kappa shape index (κ2) is 4.80. The van der Waals surface area contributed by atoms with E-state index >= 15 is 0 Å². The predicted molar refractivity (Wildman–Crippen MR) is 59.3 cm³/mol. The fourth-order valence-corrected chi connectivity index (χ4v) is 1.54. The Kier molecular flexibility index (Phi) is 3.69. The van der Waals surface area contributed by atoms with Crippen molar-refractivity contribution in [3.63, 3.8) is 0 Å². The lowest BCUT2D eigenvalue weighted by molar-refractivity contribution is 0.0913. The van der Waals surface area contributed by atoms with Crippen LogP contribution in [-0.4, -0.2) is 5.78 Å². The Bertz CT molecular complexity index is 299. The second-order valence-electron chi connectivity index (χ2n) is 3.50. The van der Waals surface area contributed by atoms with Crippen LogP contribution in [-0.2, 0) is 0 Å². The van der Waals surface area contributed by atoms with Gasteiger partial charge in [-0.15, -0.1) is 0 Å². The zero-order valence-corrected chi connectivity index (χ0v) is 8.79. The predicted octanol–water partition coefficient (Wildman–Crippen LogP) is 2.89. The largest absolute Gasteiger partial charge is 0.399 e. The van der Waals surface area contributed by atoms with Crippen molar-refractivity contribution in [2.24, 2.45) is 5.92 Å². The van der Waals surface area contributed by atoms with Crippen molar-refractivity contribution in [2.45, 2.75) is 26.7 Å². The molecule has 76 valence electrons. The van der Waals surface area contributed by atoms with E-state index in [1.807, 2.05) is 13.8 Å². The number of anilines is 1. The summed E-state index contributed by atoms with van der Waals surface area (Å²) in [6, 6.07) is 7.15. The van der Waals surface area contributed by atoms with E-state index in [1.165, 1.54) is 0 Å². The van der Waals surface area contributed by atoms with Gasteiger partial charge in [0.1, 0.15) is 0 Å². The number of ketones is 1. The van der Waals surface area contributed by atoms with Gasteiger partial charge in [-0.1, -0.05) is 13.8 Å². The maximum absolute atomic E-state index is 11.9. The lowest BCUT2D eigenvalue weighted by Gasteiger charge is -2.10. The van der Waals surface area contributed by atoms with Crippen molar-refractivity contribution in [2.75, 3.05) is 5.73 Å². The smallest absolute Gasteiger partial charge is 0.165 e. The molecule has 0 aromatic heterocycles. The first kappa shape index (κ1) is 10.8. The van der Waals surface area contributed by atoms with Crippen LogP contribution in [0, 0.1) is 5.92 Å². The second-order valence-corrected chi connectivity index (χ2v) is 3.50. The highest BCUT2D eigenvalue weighted by Crippen LogP contribution is 2.16. The fraction of sp³-hybridized carbons (Fsp3) is 0.417. The van der Waals surface area contributed by atoms with Gasteiger partial charge in [0.25, 0.3) is 0 Å². The summed E-state index contributed by atoms with van der Waals surface area (Å²) >= 11 is 0. The number of hydrogen-bond acceptors (Lipinski definition) is 2. The van der Waals surface area contributed by atoms with Crippen LogP contribution >= 0.6 is 0 Å². The summed E-state index contributed by atoms with van der Waals surface area (Å²) in [5, 5.41) is 0. The molecule has 1 rings (SSSR count). The zero-order valence-electron chi connectivity index (χ0n) is 8.79. The minimum absolute atomic E-state index is 0.152. The molecule has 2 N–H and O–H groups in total. The van der Waals surface area contributed by atoms with Crippen LogP contribution in [0.3, 0.4) is 0 Å². The van der Waals surface area contributed by atoms with E-state index in [0.29, 0.717) is 5.69 Å². The van der Waals surface area contributed by atoms with Gasteiger partial charge >= 0.3 is 0 Å². The molecule has 2 nitrogen and oxygen atoms in total. The molecule has 0 amide bonds. The molecule has 0 bridgehead atoms. The van der Waals surface area contributed by atoms with Crippen molar-refractivity contribution >= 4 is 11.5 Å². The minimum Gasteiger partial charge on any atom is -0.399 e. The molecule has 0 unspecified atom stereocenters. The van der Waals surface area contributed by atoms with Crippen LogP contribution in [0.15, 0.2) is 24.3 Å². The molecule has 0 spiro atoms. The van der Waals surface area contributed by atoms with E-state index in [9.17, 15) is 4.79 Å². The highest BCUT2D eigenvalue weighted by Gasteiger charge is 2.15. The quantitative estimate of drug-likeness (QED) is 0.587. The van der Waals surface area contributed by atoms with Crippen LogP contribution in [0.5, 0.6) is 0 Å². The lowest BCUT2D eigenvalue weighted by Crippen LogP contribution is -2.12. The van der Waals surface area contributed by atoms with E-state index in [2.05, 4.69) is 0 Å². The summed E-state index contributed by atoms with van der Waals surface area (Å²) in [7, 11) is 0. The van der Waals surface area contributed by atoms with Gasteiger partial charge in [0.15, 0.2) is 5.78 Å². The summed E-state index contributed by atoms with van der Waals surface area (Å²) in [6.07, 6.45) is 1.80. The van der Waals surface area contributed by atoms with Crippen molar-refractivity contribution < 1.29 is 4.79 Å². The first-order valence-electron chi connectivity index (χ1n) is 5.08. The first-order chi connectivity index (χ1) is 6.69. The monoisotopic (exact) mass is 191 g/mol. The number of nitrogen functional groups attached to an aromatic ring is 1. The Morgan fingerprint density at radius 1 is 1.21 bits per heavy atom. The normalized spacial score (nSPS) is 10.5. The summed E-state index contributed by atoms with van der Waals surface area (Å²) in [4.78, 5) is 11.9. The molecule has 2 heteroatoms. The fourth-order valence-electron chi connectivity index (χ4n) is 1.54. The van der Waals surface area contributed by atoms with E-state index < -0.39 is 0 Å². The average molecular weight is 191 g/mol. The van der Waals surface area contributed by atoms with Gasteiger partial charge in [0.2, 0.25) is 0 Å². The van der Waals surface area contributed by atoms with Gasteiger partial charge in [-0.25, -0.2) is 0 Å². The number of nitrogens with two attached hydrogens (primary N) is 1. The highest BCUT2D eigenvalue weighted by atomic mass is 16.1. The molecule has 0 fully saturated rings. The zero-order chi connectivity index (χ0) is 10.6. The summed E-state index contributed by atoms with van der Waals surface area (Å²) in [5.41, 5.74) is 7.03. The van der Waals surface area contributed by atoms with Crippen LogP contribution in [0.25, 0.3) is 0 Å². The number of hydrogen-bond donors (Lipinski definition) is 1. The van der Waals surface area contributed by atoms with Gasteiger partial charge in [-0.3, -0.25) is 4.79 Å². The Morgan fingerprint density at radius 2 is 1.71 bits per heavy atom. The number of carbonyl (C=O) groups is 1. The SMILES string of the molecule is CCC(CC)C(=O)c1ccc(N)cc1. The molecular weight excluding hydrogens is 174 g/mol. The number of rotatable bonds is 4. The summed E-state index contributed by atoms with van der Waals surface area (Å²) in [6.45, 7) is 4.09. The van der Waals surface area contributed by atoms with Crippen LogP contribution in [0.4, 0.5) is 5.69 Å². The van der Waals surface area contributed by atoms with Crippen LogP contribution in [0.2, 0.25) is 0 Å². The lowest BCUT2D eigenvalue weighted by atomic mass is 9.93. The first-order valence-corrected chi connectivity index (χ1v) is 5.08. The summed E-state index contributed by atoms with van der Waals surface area (Å²) < 4.78 is 0. The molecule has 1 aromatic carbocycles. The maximum Gasteiger partial charge on any atom is 0.165 e. The molecule has 1 aromatic rings. The van der Waals surface area contributed by atoms with Crippen molar-refractivity contribution in [3.05, 3.63) is 29.8 Å². The Balaban J connectivity index is 2.83. The molecule has 0 radical (unpaired) electrons. The molecule has 0 saturated heterocycles. The topological polar surface area (TPSA) is 43.1 Å². The third-order valence-corrected chi connectivity index (χ3v) is 2.55. The Labute approximate surface area is 85.1 Å².